The van der Waals surface area contributed by atoms with Crippen molar-refractivity contribution in [3.63, 3.8) is 0 Å². The Morgan fingerprint density at radius 2 is 2.00 bits per heavy atom. The van der Waals surface area contributed by atoms with E-state index < -0.39 is 10.0 Å². The number of likely N-dealkylation sites (N-methyl/N-ethyl adjacent to an activating group) is 1. The molecule has 1 aromatic rings. The zero-order valence-electron chi connectivity index (χ0n) is 13.6. The van der Waals surface area contributed by atoms with E-state index in [1.54, 1.807) is 24.0 Å². The lowest BCUT2D eigenvalue weighted by Gasteiger charge is -2.19. The Labute approximate surface area is 132 Å². The van der Waals surface area contributed by atoms with Gasteiger partial charge in [0.25, 0.3) is 0 Å². The van der Waals surface area contributed by atoms with Crippen LogP contribution in [0.4, 0.5) is 5.69 Å². The first-order chi connectivity index (χ1) is 10.3. The molecule has 0 aromatic heterocycles. The summed E-state index contributed by atoms with van der Waals surface area (Å²) in [6, 6.07) is 5.96. The summed E-state index contributed by atoms with van der Waals surface area (Å²) in [7, 11) is 0.0775. The number of sulfonamides is 1. The fraction of sp³-hybridized carbons (Fsp3) is 0.533. The first-order valence-electron chi connectivity index (χ1n) is 7.35. The minimum Gasteiger partial charge on any atom is -0.325 e. The molecule has 1 rings (SSSR count). The van der Waals surface area contributed by atoms with Crippen LogP contribution in [0.1, 0.15) is 26.7 Å². The van der Waals surface area contributed by atoms with Gasteiger partial charge in [0.2, 0.25) is 15.9 Å². The van der Waals surface area contributed by atoms with Crippen LogP contribution in [0.2, 0.25) is 0 Å². The monoisotopic (exact) mass is 327 g/mol. The van der Waals surface area contributed by atoms with Crippen LogP contribution in [0.25, 0.3) is 0 Å². The maximum Gasteiger partial charge on any atom is 0.241 e. The second-order valence-electron chi connectivity index (χ2n) is 5.41. The van der Waals surface area contributed by atoms with Gasteiger partial charge in [-0.1, -0.05) is 19.4 Å². The highest BCUT2D eigenvalue weighted by atomic mass is 32.2. The maximum atomic E-state index is 12.2. The van der Waals surface area contributed by atoms with Gasteiger partial charge in [0.05, 0.1) is 10.9 Å². The largest absolute Gasteiger partial charge is 0.325 e. The molecule has 0 bridgehead atoms. The number of carbonyl (C=O) groups is 1. The first kappa shape index (κ1) is 18.6. The Kier molecular flexibility index (Phi) is 6.99. The van der Waals surface area contributed by atoms with Crippen LogP contribution in [-0.2, 0) is 14.8 Å². The highest BCUT2D eigenvalue weighted by Gasteiger charge is 2.17. The molecular weight excluding hydrogens is 302 g/mol. The first-order valence-corrected chi connectivity index (χ1v) is 8.83. The number of nitrogens with zero attached hydrogens (tertiary/aromatic N) is 1. The summed E-state index contributed by atoms with van der Waals surface area (Å²) in [6.07, 6.45) is 1.71. The molecule has 22 heavy (non-hydrogen) atoms. The molecule has 0 fully saturated rings. The number of amides is 1. The molecule has 0 saturated heterocycles. The molecule has 0 heterocycles. The second kappa shape index (κ2) is 8.26. The van der Waals surface area contributed by atoms with Gasteiger partial charge in [-0.2, -0.15) is 0 Å². The molecule has 0 aliphatic heterocycles. The highest BCUT2D eigenvalue weighted by molar-refractivity contribution is 7.89. The lowest BCUT2D eigenvalue weighted by molar-refractivity contribution is -0.119. The zero-order chi connectivity index (χ0) is 16.8. The SMILES string of the molecule is CCCCNS(=O)(=O)c1cccc(NC(=O)[C@H](C)N(C)C)c1. The predicted molar refractivity (Wildman–Crippen MR) is 88.3 cm³/mol. The van der Waals surface area contributed by atoms with Gasteiger partial charge < -0.3 is 5.32 Å². The molecule has 2 N–H and O–H groups in total. The zero-order valence-corrected chi connectivity index (χ0v) is 14.4. The van der Waals surface area contributed by atoms with Crippen molar-refractivity contribution >= 4 is 21.6 Å². The normalized spacial score (nSPS) is 13.1. The van der Waals surface area contributed by atoms with Gasteiger partial charge in [0.1, 0.15) is 0 Å². The van der Waals surface area contributed by atoms with Crippen LogP contribution in [0.3, 0.4) is 0 Å². The summed E-state index contributed by atoms with van der Waals surface area (Å²) in [4.78, 5) is 13.9. The number of hydrogen-bond donors (Lipinski definition) is 2. The molecule has 0 aliphatic carbocycles. The van der Waals surface area contributed by atoms with Crippen molar-refractivity contribution in [2.45, 2.75) is 37.6 Å². The Hall–Kier alpha value is -1.44. The number of hydrogen-bond acceptors (Lipinski definition) is 4. The number of nitrogens with one attached hydrogen (secondary N) is 2. The third kappa shape index (κ3) is 5.40. The van der Waals surface area contributed by atoms with E-state index in [4.69, 9.17) is 0 Å². The van der Waals surface area contributed by atoms with Crippen molar-refractivity contribution in [3.05, 3.63) is 24.3 Å². The Morgan fingerprint density at radius 3 is 2.59 bits per heavy atom. The summed E-state index contributed by atoms with van der Waals surface area (Å²) >= 11 is 0. The average molecular weight is 327 g/mol. The third-order valence-corrected chi connectivity index (χ3v) is 4.85. The smallest absolute Gasteiger partial charge is 0.241 e. The van der Waals surface area contributed by atoms with E-state index in [1.807, 2.05) is 21.0 Å². The predicted octanol–water partition coefficient (Wildman–Crippen LogP) is 1.65. The van der Waals surface area contributed by atoms with Crippen molar-refractivity contribution < 1.29 is 13.2 Å². The van der Waals surface area contributed by atoms with Gasteiger partial charge in [-0.3, -0.25) is 9.69 Å². The van der Waals surface area contributed by atoms with Crippen LogP contribution in [-0.4, -0.2) is 45.9 Å². The van der Waals surface area contributed by atoms with Gasteiger partial charge in [0.15, 0.2) is 0 Å². The highest BCUT2D eigenvalue weighted by Crippen LogP contribution is 2.16. The van der Waals surface area contributed by atoms with Crippen molar-refractivity contribution in [2.75, 3.05) is 26.0 Å². The molecule has 0 radical (unpaired) electrons. The molecule has 1 amide bonds. The van der Waals surface area contributed by atoms with Crippen molar-refractivity contribution in [1.29, 1.82) is 0 Å². The number of carbonyl (C=O) groups excluding carboxylic acids is 1. The molecule has 1 aromatic carbocycles. The topological polar surface area (TPSA) is 78.5 Å². The molecule has 0 spiro atoms. The molecule has 1 atom stereocenters. The van der Waals surface area contributed by atoms with E-state index in [2.05, 4.69) is 10.0 Å². The van der Waals surface area contributed by atoms with Crippen LogP contribution >= 0.6 is 0 Å². The van der Waals surface area contributed by atoms with Crippen LogP contribution < -0.4 is 10.0 Å². The van der Waals surface area contributed by atoms with E-state index in [-0.39, 0.29) is 16.8 Å². The summed E-state index contributed by atoms with van der Waals surface area (Å²) in [6.45, 7) is 4.19. The number of anilines is 1. The Bertz CT molecular complexity index is 600. The lowest BCUT2D eigenvalue weighted by Crippen LogP contribution is -2.37. The van der Waals surface area contributed by atoms with Crippen molar-refractivity contribution in [2.24, 2.45) is 0 Å². The van der Waals surface area contributed by atoms with Crippen LogP contribution in [0.15, 0.2) is 29.2 Å². The van der Waals surface area contributed by atoms with Gasteiger partial charge in [-0.25, -0.2) is 13.1 Å². The molecule has 6 nitrogen and oxygen atoms in total. The van der Waals surface area contributed by atoms with E-state index >= 15 is 0 Å². The maximum absolute atomic E-state index is 12.2. The van der Waals surface area contributed by atoms with E-state index in [9.17, 15) is 13.2 Å². The lowest BCUT2D eigenvalue weighted by atomic mass is 10.2. The van der Waals surface area contributed by atoms with E-state index in [0.29, 0.717) is 12.2 Å². The van der Waals surface area contributed by atoms with Gasteiger partial charge in [0, 0.05) is 12.2 Å². The second-order valence-corrected chi connectivity index (χ2v) is 7.17. The summed E-state index contributed by atoms with van der Waals surface area (Å²) in [5, 5.41) is 2.73. The molecule has 0 aliphatic rings. The summed E-state index contributed by atoms with van der Waals surface area (Å²) in [5.41, 5.74) is 0.470. The van der Waals surface area contributed by atoms with E-state index in [0.717, 1.165) is 12.8 Å². The Morgan fingerprint density at radius 1 is 1.32 bits per heavy atom. The fourth-order valence-electron chi connectivity index (χ4n) is 1.69. The summed E-state index contributed by atoms with van der Waals surface area (Å²) in [5.74, 6) is -0.182. The number of benzene rings is 1. The molecule has 7 heteroatoms. The van der Waals surface area contributed by atoms with Crippen LogP contribution in [0.5, 0.6) is 0 Å². The quantitative estimate of drug-likeness (QED) is 0.712. The van der Waals surface area contributed by atoms with Gasteiger partial charge in [-0.15, -0.1) is 0 Å². The van der Waals surface area contributed by atoms with Crippen molar-refractivity contribution in [3.8, 4) is 0 Å². The molecular formula is C15H25N3O3S. The van der Waals surface area contributed by atoms with Crippen LogP contribution in [0, 0.1) is 0 Å². The average Bonchev–Trinajstić information content (AvgIpc) is 2.46. The standard InChI is InChI=1S/C15H25N3O3S/c1-5-6-10-16-22(20,21)14-9-7-8-13(11-14)17-15(19)12(2)18(3)4/h7-9,11-12,16H,5-6,10H2,1-4H3,(H,17,19)/t12-/m0/s1. The minimum atomic E-state index is -3.54. The van der Waals surface area contributed by atoms with Gasteiger partial charge in [-0.05, 0) is 45.6 Å². The minimum absolute atomic E-state index is 0.152. The molecule has 0 unspecified atom stereocenters. The third-order valence-electron chi connectivity index (χ3n) is 3.39. The number of unbranched alkanes of at least 4 members (excludes halogenated alkanes) is 1. The van der Waals surface area contributed by atoms with Gasteiger partial charge >= 0.3 is 0 Å². The van der Waals surface area contributed by atoms with E-state index in [1.165, 1.54) is 12.1 Å². The molecule has 124 valence electrons. The molecule has 0 saturated carbocycles. The number of rotatable bonds is 8. The Balaban J connectivity index is 2.84. The summed E-state index contributed by atoms with van der Waals surface area (Å²) < 4.78 is 26.9. The fourth-order valence-corrected chi connectivity index (χ4v) is 2.81. The van der Waals surface area contributed by atoms with Crippen molar-refractivity contribution in [1.82, 2.24) is 9.62 Å².